The molecule has 0 atom stereocenters. The maximum atomic E-state index is 4.69. The maximum Gasteiger partial charge on any atom is 0.223 e. The summed E-state index contributed by atoms with van der Waals surface area (Å²) in [5.41, 5.74) is 5.70. The van der Waals surface area contributed by atoms with Gasteiger partial charge in [-0.05, 0) is 61.8 Å². The van der Waals surface area contributed by atoms with Gasteiger partial charge in [-0.1, -0.05) is 24.8 Å². The molecule has 6 heteroatoms. The van der Waals surface area contributed by atoms with Gasteiger partial charge in [-0.2, -0.15) is 0 Å². The number of aryl methyl sites for hydroxylation is 2. The fourth-order valence-corrected chi connectivity index (χ4v) is 3.79. The molecule has 1 aliphatic carbocycles. The van der Waals surface area contributed by atoms with E-state index >= 15 is 0 Å². The van der Waals surface area contributed by atoms with E-state index in [2.05, 4.69) is 45.2 Å². The van der Waals surface area contributed by atoms with Crippen LogP contribution in [0, 0.1) is 12.8 Å². The van der Waals surface area contributed by atoms with Crippen molar-refractivity contribution in [1.29, 1.82) is 0 Å². The fourth-order valence-electron chi connectivity index (χ4n) is 3.79. The Kier molecular flexibility index (Phi) is 4.64. The molecular weight excluding hydrogens is 336 g/mol. The van der Waals surface area contributed by atoms with Crippen LogP contribution >= 0.6 is 0 Å². The van der Waals surface area contributed by atoms with Gasteiger partial charge in [-0.15, -0.1) is 5.10 Å². The van der Waals surface area contributed by atoms with Crippen LogP contribution in [0.2, 0.25) is 0 Å². The second-order valence-corrected chi connectivity index (χ2v) is 7.69. The molecule has 0 amide bonds. The lowest BCUT2D eigenvalue weighted by molar-refractivity contribution is 0.360. The summed E-state index contributed by atoms with van der Waals surface area (Å²) >= 11 is 0. The van der Waals surface area contributed by atoms with E-state index in [-0.39, 0.29) is 0 Å². The lowest BCUT2D eigenvalue weighted by Crippen LogP contribution is -2.26. The first-order valence-electron chi connectivity index (χ1n) is 9.60. The van der Waals surface area contributed by atoms with Crippen LogP contribution < -0.4 is 5.32 Å². The molecule has 1 saturated carbocycles. The molecule has 2 heterocycles. The van der Waals surface area contributed by atoms with Crippen molar-refractivity contribution in [1.82, 2.24) is 25.0 Å². The van der Waals surface area contributed by atoms with Crippen LogP contribution in [0.5, 0.6) is 0 Å². The Morgan fingerprint density at radius 1 is 1.22 bits per heavy atom. The monoisotopic (exact) mass is 362 g/mol. The van der Waals surface area contributed by atoms with E-state index in [0.29, 0.717) is 6.04 Å². The maximum absolute atomic E-state index is 4.69. The molecule has 0 aliphatic heterocycles. The Morgan fingerprint density at radius 2 is 2.00 bits per heavy atom. The summed E-state index contributed by atoms with van der Waals surface area (Å²) in [6.45, 7) is 8.62. The Morgan fingerprint density at radius 3 is 2.74 bits per heavy atom. The summed E-state index contributed by atoms with van der Waals surface area (Å²) in [5.74, 6) is 1.55. The van der Waals surface area contributed by atoms with Gasteiger partial charge in [0.25, 0.3) is 0 Å². The number of hydrogen-bond acceptors (Lipinski definition) is 5. The van der Waals surface area contributed by atoms with Gasteiger partial charge in [0.05, 0.1) is 11.2 Å². The molecule has 1 aliphatic rings. The number of fused-ring (bicyclic) bond motifs is 1. The Bertz CT molecular complexity index is 982. The van der Waals surface area contributed by atoms with Crippen molar-refractivity contribution < 1.29 is 0 Å². The Labute approximate surface area is 159 Å². The molecule has 1 aromatic carbocycles. The highest BCUT2D eigenvalue weighted by atomic mass is 15.4. The lowest BCUT2D eigenvalue weighted by atomic mass is 9.87. The molecule has 6 nitrogen and oxygen atoms in total. The molecule has 0 radical (unpaired) electrons. The number of rotatable bonds is 4. The molecule has 0 bridgehead atoms. The smallest absolute Gasteiger partial charge is 0.223 e. The predicted molar refractivity (Wildman–Crippen MR) is 108 cm³/mol. The molecule has 1 N–H and O–H groups in total. The van der Waals surface area contributed by atoms with Gasteiger partial charge in [-0.3, -0.25) is 0 Å². The van der Waals surface area contributed by atoms with Gasteiger partial charge in [0, 0.05) is 24.8 Å². The van der Waals surface area contributed by atoms with Crippen LogP contribution in [0.1, 0.15) is 49.4 Å². The fraction of sp³-hybridized carbons (Fsp3) is 0.429. The van der Waals surface area contributed by atoms with Crippen LogP contribution in [0.25, 0.3) is 16.6 Å². The molecule has 27 heavy (non-hydrogen) atoms. The zero-order valence-electron chi connectivity index (χ0n) is 16.2. The summed E-state index contributed by atoms with van der Waals surface area (Å²) in [4.78, 5) is 9.25. The normalized spacial score (nSPS) is 20.0. The Balaban J connectivity index is 1.54. The third-order valence-corrected chi connectivity index (χ3v) is 5.61. The highest BCUT2D eigenvalue weighted by molar-refractivity contribution is 5.85. The topological polar surface area (TPSA) is 68.5 Å². The molecular formula is C21H26N6. The van der Waals surface area contributed by atoms with E-state index < -0.39 is 0 Å². The SMILES string of the molecule is C=C(c1ccc2nnn(C)c2c1)c1cnc(NC2CCC(C)CC2)nc1C. The first kappa shape index (κ1) is 17.6. The highest BCUT2D eigenvalue weighted by Crippen LogP contribution is 2.28. The van der Waals surface area contributed by atoms with Crippen LogP contribution in [0.3, 0.4) is 0 Å². The first-order valence-corrected chi connectivity index (χ1v) is 9.60. The molecule has 4 rings (SSSR count). The molecule has 0 spiro atoms. The molecule has 1 fully saturated rings. The number of anilines is 1. The number of aromatic nitrogens is 5. The van der Waals surface area contributed by atoms with Gasteiger partial charge >= 0.3 is 0 Å². The van der Waals surface area contributed by atoms with Gasteiger partial charge in [-0.25, -0.2) is 14.6 Å². The highest BCUT2D eigenvalue weighted by Gasteiger charge is 2.19. The molecule has 3 aromatic rings. The van der Waals surface area contributed by atoms with Crippen LogP contribution in [0.4, 0.5) is 5.95 Å². The van der Waals surface area contributed by atoms with E-state index in [1.807, 2.05) is 32.3 Å². The van der Waals surface area contributed by atoms with E-state index in [9.17, 15) is 0 Å². The minimum absolute atomic E-state index is 0.481. The quantitative estimate of drug-likeness (QED) is 0.756. The van der Waals surface area contributed by atoms with E-state index in [4.69, 9.17) is 0 Å². The third kappa shape index (κ3) is 3.56. The number of benzene rings is 1. The molecule has 2 aromatic heterocycles. The van der Waals surface area contributed by atoms with Gasteiger partial charge < -0.3 is 5.32 Å². The standard InChI is InChI=1S/C21H26N6/c1-13-5-8-17(9-6-13)24-21-22-12-18(15(3)23-21)14(2)16-7-10-19-20(11-16)27(4)26-25-19/h7,10-13,17H,2,5-6,8-9H2,1,3-4H3,(H,22,23,24). The number of hydrogen-bond donors (Lipinski definition) is 1. The minimum atomic E-state index is 0.481. The summed E-state index contributed by atoms with van der Waals surface area (Å²) < 4.78 is 1.77. The van der Waals surface area contributed by atoms with Crippen LogP contribution in [-0.4, -0.2) is 31.0 Å². The predicted octanol–water partition coefficient (Wildman–Crippen LogP) is 4.12. The zero-order valence-corrected chi connectivity index (χ0v) is 16.2. The van der Waals surface area contributed by atoms with Gasteiger partial charge in [0.15, 0.2) is 0 Å². The van der Waals surface area contributed by atoms with Crippen molar-refractivity contribution in [3.05, 3.63) is 47.8 Å². The largest absolute Gasteiger partial charge is 0.351 e. The van der Waals surface area contributed by atoms with Crippen LogP contribution in [-0.2, 0) is 7.05 Å². The third-order valence-electron chi connectivity index (χ3n) is 5.61. The molecule has 0 unspecified atom stereocenters. The average Bonchev–Trinajstić information content (AvgIpc) is 3.04. The van der Waals surface area contributed by atoms with Crippen molar-refractivity contribution >= 4 is 22.6 Å². The minimum Gasteiger partial charge on any atom is -0.351 e. The van der Waals surface area contributed by atoms with Crippen molar-refractivity contribution in [2.45, 2.75) is 45.6 Å². The van der Waals surface area contributed by atoms with Crippen molar-refractivity contribution in [2.75, 3.05) is 5.32 Å². The number of nitrogens with one attached hydrogen (secondary N) is 1. The van der Waals surface area contributed by atoms with Gasteiger partial charge in [0.2, 0.25) is 5.95 Å². The second kappa shape index (κ2) is 7.10. The van der Waals surface area contributed by atoms with Gasteiger partial charge in [0.1, 0.15) is 5.52 Å². The van der Waals surface area contributed by atoms with Crippen molar-refractivity contribution in [2.24, 2.45) is 13.0 Å². The average molecular weight is 362 g/mol. The molecule has 0 saturated heterocycles. The number of nitrogens with zero attached hydrogens (tertiary/aromatic N) is 5. The van der Waals surface area contributed by atoms with Crippen molar-refractivity contribution in [3.8, 4) is 0 Å². The summed E-state index contributed by atoms with van der Waals surface area (Å²) in [6.07, 6.45) is 6.81. The van der Waals surface area contributed by atoms with E-state index in [1.54, 1.807) is 4.68 Å². The summed E-state index contributed by atoms with van der Waals surface area (Å²) in [6, 6.07) is 6.54. The van der Waals surface area contributed by atoms with Crippen molar-refractivity contribution in [3.63, 3.8) is 0 Å². The first-order chi connectivity index (χ1) is 13.0. The van der Waals surface area contributed by atoms with E-state index in [0.717, 1.165) is 45.3 Å². The molecule has 140 valence electrons. The van der Waals surface area contributed by atoms with E-state index in [1.165, 1.54) is 25.7 Å². The lowest BCUT2D eigenvalue weighted by Gasteiger charge is -2.27. The summed E-state index contributed by atoms with van der Waals surface area (Å²) in [5, 5.41) is 11.7. The Hall–Kier alpha value is -2.76. The summed E-state index contributed by atoms with van der Waals surface area (Å²) in [7, 11) is 1.89. The van der Waals surface area contributed by atoms with Crippen LogP contribution in [0.15, 0.2) is 31.0 Å². The second-order valence-electron chi connectivity index (χ2n) is 7.69. The zero-order chi connectivity index (χ0) is 19.0.